The zero-order valence-electron chi connectivity index (χ0n) is 74.9. The molecule has 1 heterocycles. The van der Waals surface area contributed by atoms with Crippen molar-refractivity contribution in [1.82, 2.24) is 47.4 Å². The van der Waals surface area contributed by atoms with Crippen LogP contribution in [0, 0.1) is 53.3 Å². The second-order valence-electron chi connectivity index (χ2n) is 33.9. The van der Waals surface area contributed by atoms with Gasteiger partial charge in [0.05, 0.1) is 111 Å². The van der Waals surface area contributed by atoms with Crippen LogP contribution in [0.3, 0.4) is 0 Å². The number of carboxylic acids is 3. The number of hydrogen-bond acceptors (Lipinski definition) is 28. The molecule has 1 saturated heterocycles. The highest BCUT2D eigenvalue weighted by Gasteiger charge is 2.41. The summed E-state index contributed by atoms with van der Waals surface area (Å²) in [7, 11) is 0. The maximum Gasteiger partial charge on any atom is 0.304 e. The number of phenolic OH excluding ortho intramolecular Hbond substituents is 2. The predicted octanol–water partition coefficient (Wildman–Crippen LogP) is 1.96. The molecule has 131 heavy (non-hydrogen) atoms. The molecule has 0 bridgehead atoms. The lowest BCUT2D eigenvalue weighted by Gasteiger charge is -2.28. The third-order valence-corrected chi connectivity index (χ3v) is 23.4. The molecule has 0 aromatic heterocycles. The van der Waals surface area contributed by atoms with E-state index in [-0.39, 0.29) is 86.1 Å². The third-order valence-electron chi connectivity index (χ3n) is 22.5. The number of nitrogens with zero attached hydrogens (tertiary/aromatic N) is 1. The molecule has 1 fully saturated rings. The average Bonchev–Trinajstić information content (AvgIpc) is 1.61. The normalized spacial score (nSPS) is 15.7. The van der Waals surface area contributed by atoms with E-state index in [2.05, 4.69) is 42.5 Å². The molecular weight excluding hydrogens is 1730 g/mol. The van der Waals surface area contributed by atoms with Gasteiger partial charge in [0, 0.05) is 82.2 Å². The number of rotatable bonds is 66. The Bertz CT molecular complexity index is 4400. The summed E-state index contributed by atoms with van der Waals surface area (Å²) in [5.41, 5.74) is 6.75. The molecule has 10 amide bonds. The minimum Gasteiger partial charge on any atom is -0.508 e. The number of thioether (sulfide) groups is 1. The number of phenols is 2. The zero-order valence-corrected chi connectivity index (χ0v) is 75.8. The maximum atomic E-state index is 14.8. The number of carboxylic acid groups (broad SMARTS) is 3. The number of aromatic hydroxyl groups is 2. The molecule has 16 atom stereocenters. The number of nitrogens with one attached hydrogen (secondary N) is 8. The van der Waals surface area contributed by atoms with E-state index in [1.807, 2.05) is 0 Å². The van der Waals surface area contributed by atoms with Gasteiger partial charge >= 0.3 is 17.9 Å². The topological polar surface area (TPSA) is 649 Å². The van der Waals surface area contributed by atoms with Crippen LogP contribution in [0.2, 0.25) is 0 Å². The largest absolute Gasteiger partial charge is 0.508 e. The van der Waals surface area contributed by atoms with Crippen molar-refractivity contribution in [3.8, 4) is 11.5 Å². The fraction of sp³-hybridized carbons (Fsp3) is 0.582. The molecule has 3 aromatic rings. The second kappa shape index (κ2) is 57.6. The molecule has 0 aliphatic carbocycles. The van der Waals surface area contributed by atoms with Gasteiger partial charge < -0.3 is 94.2 Å². The summed E-state index contributed by atoms with van der Waals surface area (Å²) in [5.74, 6) is -30.8. The molecule has 0 spiro atoms. The van der Waals surface area contributed by atoms with Crippen molar-refractivity contribution in [1.29, 1.82) is 0 Å². The van der Waals surface area contributed by atoms with Crippen LogP contribution in [0.5, 0.6) is 11.5 Å². The van der Waals surface area contributed by atoms with Gasteiger partial charge in [-0.25, -0.2) is 0 Å². The molecule has 39 nitrogen and oxygen atoms in total. The molecule has 0 unspecified atom stereocenters. The van der Waals surface area contributed by atoms with Crippen molar-refractivity contribution < 1.29 is 142 Å². The minimum absolute atomic E-state index is 0.0228. The fourth-order valence-corrected chi connectivity index (χ4v) is 15.4. The van der Waals surface area contributed by atoms with Gasteiger partial charge in [0.1, 0.15) is 17.5 Å². The number of imide groups is 1. The van der Waals surface area contributed by atoms with Crippen molar-refractivity contribution in [2.45, 2.75) is 238 Å². The average molecular weight is 1860 g/mol. The molecule has 0 radical (unpaired) electrons. The van der Waals surface area contributed by atoms with Crippen LogP contribution in [0.1, 0.15) is 187 Å². The zero-order chi connectivity index (χ0) is 97.9. The minimum atomic E-state index is -2.00. The summed E-state index contributed by atoms with van der Waals surface area (Å²) in [5, 5.41) is 113. The summed E-state index contributed by atoms with van der Waals surface area (Å²) in [6, 6.07) is 10.3. The summed E-state index contributed by atoms with van der Waals surface area (Å²) < 4.78 is 0. The second-order valence-corrected chi connectivity index (χ2v) is 34.9. The Morgan fingerprint density at radius 1 is 0.435 bits per heavy atom. The fourth-order valence-electron chi connectivity index (χ4n) is 14.6. The SMILES string of the molecule is CC[C@H](C)[C@H](NC(=O)[C@H](CO)CC(=O)[C@H](Cc1ccc(O)cc1)NC(=O)[C@H](CC(=O)O)CC(=O)[C@H](CO)NC(=O)[C@@H](CC(=O)[C@H](Cc1ccccc1)NC(=O)[C@@H](CC(=O)CNC(=O)[C@H](CCC(=O)O)CC(=O)CNC(=O)CCCCN1C(=O)CSC1=O)[C@@H](C)O)[C@@H](C)O)C(=O)C[C@@H](Cc1ccc(O)cc1)C(=O)N[C@@H](CC(C)C)C(=O)C[C@@H](CC(=O)O)C(=O)N[C@H](C)CCCCN. The van der Waals surface area contributed by atoms with Gasteiger partial charge in [-0.05, 0) is 138 Å². The highest BCUT2D eigenvalue weighted by atomic mass is 32.2. The van der Waals surface area contributed by atoms with Crippen molar-refractivity contribution >= 4 is 129 Å². The van der Waals surface area contributed by atoms with Crippen LogP contribution in [0.15, 0.2) is 78.9 Å². The number of amides is 10. The quantitative estimate of drug-likeness (QED) is 0.0359. The number of hydrogen-bond donors (Lipinski definition) is 18. The summed E-state index contributed by atoms with van der Waals surface area (Å²) >= 11 is 0.864. The number of benzene rings is 3. The van der Waals surface area contributed by atoms with Crippen LogP contribution in [-0.4, -0.2) is 261 Å². The predicted molar refractivity (Wildman–Crippen MR) is 473 cm³/mol. The van der Waals surface area contributed by atoms with E-state index in [1.54, 1.807) is 65.0 Å². The van der Waals surface area contributed by atoms with Crippen molar-refractivity contribution in [2.75, 3.05) is 45.1 Å². The third kappa shape index (κ3) is 40.8. The molecule has 4 rings (SSSR count). The highest BCUT2D eigenvalue weighted by Crippen LogP contribution is 2.27. The van der Waals surface area contributed by atoms with E-state index in [4.69, 9.17) is 5.73 Å². The van der Waals surface area contributed by atoms with Gasteiger partial charge in [0.2, 0.25) is 53.2 Å². The lowest BCUT2D eigenvalue weighted by atomic mass is 9.85. The molecule has 3 aromatic carbocycles. The summed E-state index contributed by atoms with van der Waals surface area (Å²) in [6.07, 6.45) is -9.95. The number of aliphatic hydroxyl groups excluding tert-OH is 4. The first-order valence-electron chi connectivity index (χ1n) is 43.9. The van der Waals surface area contributed by atoms with Gasteiger partial charge in [-0.1, -0.05) is 107 Å². The van der Waals surface area contributed by atoms with Gasteiger partial charge in [0.25, 0.3) is 5.24 Å². The van der Waals surface area contributed by atoms with Gasteiger partial charge in [0.15, 0.2) is 40.5 Å². The molecule has 0 saturated carbocycles. The molecule has 722 valence electrons. The molecule has 40 heteroatoms. The number of carbonyl (C=O) groups excluding carboxylic acids is 17. The van der Waals surface area contributed by atoms with Crippen LogP contribution in [0.4, 0.5) is 4.79 Å². The number of ketones is 7. The number of unbranched alkanes of at least 4 members (excludes halogenated alkanes) is 2. The van der Waals surface area contributed by atoms with Crippen LogP contribution >= 0.6 is 11.8 Å². The lowest BCUT2D eigenvalue weighted by Crippen LogP contribution is -2.52. The Labute approximate surface area is 763 Å². The lowest BCUT2D eigenvalue weighted by molar-refractivity contribution is -0.143. The number of aliphatic carboxylic acids is 3. The first-order valence-corrected chi connectivity index (χ1v) is 44.9. The van der Waals surface area contributed by atoms with E-state index >= 15 is 0 Å². The number of aliphatic hydroxyl groups is 4. The van der Waals surface area contributed by atoms with Crippen LogP contribution < -0.4 is 48.3 Å². The van der Waals surface area contributed by atoms with E-state index in [0.717, 1.165) is 30.5 Å². The first kappa shape index (κ1) is 112. The summed E-state index contributed by atoms with van der Waals surface area (Å²) in [6.45, 7) is 7.63. The Balaban J connectivity index is 1.53. The van der Waals surface area contributed by atoms with E-state index in [1.165, 1.54) is 48.5 Å². The van der Waals surface area contributed by atoms with E-state index in [0.29, 0.717) is 43.4 Å². The summed E-state index contributed by atoms with van der Waals surface area (Å²) in [4.78, 5) is 272. The van der Waals surface area contributed by atoms with Gasteiger partial charge in [-0.2, -0.15) is 0 Å². The monoisotopic (exact) mass is 1860 g/mol. The number of Topliss-reactive ketones (excluding diaryl/α,β-unsaturated/α-hetero) is 7. The van der Waals surface area contributed by atoms with Gasteiger partial charge in [-0.3, -0.25) is 101 Å². The molecular formula is C91H128N10O29S. The van der Waals surface area contributed by atoms with E-state index < -0.39 is 304 Å². The highest BCUT2D eigenvalue weighted by molar-refractivity contribution is 8.14. The van der Waals surface area contributed by atoms with Gasteiger partial charge in [-0.15, -0.1) is 0 Å². The maximum absolute atomic E-state index is 14.8. The van der Waals surface area contributed by atoms with Crippen molar-refractivity contribution in [3.05, 3.63) is 95.6 Å². The Morgan fingerprint density at radius 2 is 0.901 bits per heavy atom. The van der Waals surface area contributed by atoms with Crippen molar-refractivity contribution in [2.24, 2.45) is 59.0 Å². The first-order chi connectivity index (χ1) is 61.9. The molecule has 19 N–H and O–H groups in total. The molecule has 1 aliphatic heterocycles. The Hall–Kier alpha value is -11.6. The standard InChI is InChI=1S/C91H128N10O29S/c1-8-51(4)83(77(114)39-59(33-56-20-25-63(106)26-21-56)86(125)96-69(32-50(2)3)73(110)37-60(41-81(119)120)85(124)95-52(5)16-12-14-30-92)100-88(127)62(47-102)40-74(111)70(35-57-22-27-64(107)28-23-57)97-87(126)61(42-82(121)122)38-75(112)72(48-103)99-90(129)68(54(7)105)44-76(113)71(34-55-17-10-9-11-18-55)98-89(128)67(53(6)104)43-66(109)46-94-84(123)58(24-29-80(117)118)36-65(108)45-93-78(115)19-13-15-31-101-79(116)49-131-91(101)130/h9-11,17-18,20-23,25-28,50-54,58-62,67-72,83,102-107H,8,12-16,19,24,29-49,92H2,1-7H3,(H,93,115)(H,94,123)(H,95,124)(H,96,125)(H,97,126)(H,98,128)(H,99,129)(H,100,127)(H,117,118)(H,119,120)(H,121,122)/t51-,52+,53+,54+,58+,59+,60-,61-,62-,67-,68-,69-,70-,71-,72-,83-/m0/s1. The smallest absolute Gasteiger partial charge is 0.304 e. The Morgan fingerprint density at radius 3 is 1.41 bits per heavy atom. The van der Waals surface area contributed by atoms with Crippen LogP contribution in [0.25, 0.3) is 0 Å². The Kier molecular flexibility index (Phi) is 49.1. The number of carbonyl (C=O) groups is 20. The number of nitrogens with two attached hydrogens (primary N) is 1. The van der Waals surface area contributed by atoms with Crippen molar-refractivity contribution in [3.63, 3.8) is 0 Å². The molecule has 1 aliphatic rings. The van der Waals surface area contributed by atoms with E-state index in [9.17, 15) is 142 Å². The van der Waals surface area contributed by atoms with Crippen LogP contribution in [-0.2, 0) is 110 Å².